The Hall–Kier alpha value is -1.12. The molecule has 0 amide bonds. The lowest BCUT2D eigenvalue weighted by Crippen LogP contribution is -2.31. The third-order valence-electron chi connectivity index (χ3n) is 2.12. The average molecular weight is 193 g/mol. The van der Waals surface area contributed by atoms with Gasteiger partial charge in [-0.3, -0.25) is 0 Å². The number of hydrogen-bond donors (Lipinski definition) is 1. The molecule has 0 atom stereocenters. The lowest BCUT2D eigenvalue weighted by molar-refractivity contribution is 0.508. The SMILES string of the molecule is CCCC(C)(C)Nc1ccnc(C)n1. The van der Waals surface area contributed by atoms with Crippen molar-refractivity contribution in [3.63, 3.8) is 0 Å². The Kier molecular flexibility index (Phi) is 3.44. The third-order valence-corrected chi connectivity index (χ3v) is 2.12. The number of anilines is 1. The normalized spacial score (nSPS) is 11.4. The quantitative estimate of drug-likeness (QED) is 0.799. The number of nitrogens with zero attached hydrogens (tertiary/aromatic N) is 2. The van der Waals surface area contributed by atoms with Crippen LogP contribution in [0.15, 0.2) is 12.3 Å². The maximum absolute atomic E-state index is 4.32. The van der Waals surface area contributed by atoms with Crippen LogP contribution in [0.1, 0.15) is 39.4 Å². The van der Waals surface area contributed by atoms with E-state index >= 15 is 0 Å². The topological polar surface area (TPSA) is 37.8 Å². The van der Waals surface area contributed by atoms with Crippen LogP contribution in [0.4, 0.5) is 5.82 Å². The summed E-state index contributed by atoms with van der Waals surface area (Å²) >= 11 is 0. The van der Waals surface area contributed by atoms with Gasteiger partial charge in [0.05, 0.1) is 0 Å². The Labute approximate surface area is 86.0 Å². The Balaban J connectivity index is 2.68. The van der Waals surface area contributed by atoms with Crippen molar-refractivity contribution < 1.29 is 0 Å². The number of aromatic nitrogens is 2. The minimum absolute atomic E-state index is 0.107. The predicted octanol–water partition coefficient (Wildman–Crippen LogP) is 2.78. The van der Waals surface area contributed by atoms with Gasteiger partial charge >= 0.3 is 0 Å². The molecule has 0 aliphatic rings. The molecule has 1 aromatic heterocycles. The van der Waals surface area contributed by atoms with E-state index in [0.717, 1.165) is 18.1 Å². The van der Waals surface area contributed by atoms with Gasteiger partial charge in [0.15, 0.2) is 0 Å². The number of nitrogens with one attached hydrogen (secondary N) is 1. The molecule has 0 radical (unpaired) electrons. The highest BCUT2D eigenvalue weighted by molar-refractivity contribution is 5.35. The van der Waals surface area contributed by atoms with Crippen molar-refractivity contribution in [2.45, 2.75) is 46.1 Å². The van der Waals surface area contributed by atoms with Crippen LogP contribution >= 0.6 is 0 Å². The second kappa shape index (κ2) is 4.40. The van der Waals surface area contributed by atoms with Crippen LogP contribution < -0.4 is 5.32 Å². The fourth-order valence-electron chi connectivity index (χ4n) is 1.56. The van der Waals surface area contributed by atoms with Crippen molar-refractivity contribution in [1.29, 1.82) is 0 Å². The zero-order chi connectivity index (χ0) is 10.6. The Morgan fingerprint density at radius 1 is 1.43 bits per heavy atom. The lowest BCUT2D eigenvalue weighted by Gasteiger charge is -2.26. The molecular formula is C11H19N3. The largest absolute Gasteiger partial charge is 0.365 e. The molecule has 0 fully saturated rings. The summed E-state index contributed by atoms with van der Waals surface area (Å²) in [7, 11) is 0. The molecule has 0 aromatic carbocycles. The van der Waals surface area contributed by atoms with Crippen LogP contribution in [0.5, 0.6) is 0 Å². The molecule has 3 nitrogen and oxygen atoms in total. The minimum atomic E-state index is 0.107. The molecule has 0 unspecified atom stereocenters. The highest BCUT2D eigenvalue weighted by atomic mass is 15.1. The summed E-state index contributed by atoms with van der Waals surface area (Å²) in [5, 5.41) is 3.41. The Morgan fingerprint density at radius 2 is 2.14 bits per heavy atom. The van der Waals surface area contributed by atoms with Gasteiger partial charge in [-0.1, -0.05) is 13.3 Å². The van der Waals surface area contributed by atoms with Crippen molar-refractivity contribution in [3.05, 3.63) is 18.1 Å². The fourth-order valence-corrected chi connectivity index (χ4v) is 1.56. The maximum Gasteiger partial charge on any atom is 0.130 e. The molecule has 0 aliphatic heterocycles. The van der Waals surface area contributed by atoms with Gasteiger partial charge in [-0.25, -0.2) is 9.97 Å². The first-order chi connectivity index (χ1) is 6.53. The number of rotatable bonds is 4. The molecule has 0 aliphatic carbocycles. The van der Waals surface area contributed by atoms with Crippen molar-refractivity contribution in [2.75, 3.05) is 5.32 Å². The monoisotopic (exact) mass is 193 g/mol. The zero-order valence-electron chi connectivity index (χ0n) is 9.46. The Morgan fingerprint density at radius 3 is 2.71 bits per heavy atom. The van der Waals surface area contributed by atoms with Gasteiger partial charge in [0.1, 0.15) is 11.6 Å². The van der Waals surface area contributed by atoms with E-state index in [1.807, 2.05) is 13.0 Å². The van der Waals surface area contributed by atoms with Gasteiger partial charge in [-0.15, -0.1) is 0 Å². The molecule has 1 N–H and O–H groups in total. The van der Waals surface area contributed by atoms with E-state index < -0.39 is 0 Å². The summed E-state index contributed by atoms with van der Waals surface area (Å²) < 4.78 is 0. The molecule has 1 rings (SSSR count). The highest BCUT2D eigenvalue weighted by Gasteiger charge is 2.16. The van der Waals surface area contributed by atoms with Crippen LogP contribution in [0, 0.1) is 6.92 Å². The second-order valence-corrected chi connectivity index (χ2v) is 4.25. The molecular weight excluding hydrogens is 174 g/mol. The smallest absolute Gasteiger partial charge is 0.130 e. The zero-order valence-corrected chi connectivity index (χ0v) is 9.46. The van der Waals surface area contributed by atoms with Crippen LogP contribution in [0.25, 0.3) is 0 Å². The maximum atomic E-state index is 4.32. The molecule has 14 heavy (non-hydrogen) atoms. The minimum Gasteiger partial charge on any atom is -0.365 e. The number of aryl methyl sites for hydroxylation is 1. The molecule has 78 valence electrons. The molecule has 0 saturated carbocycles. The first-order valence-corrected chi connectivity index (χ1v) is 5.11. The molecule has 0 saturated heterocycles. The molecule has 0 bridgehead atoms. The summed E-state index contributed by atoms with van der Waals surface area (Å²) in [5.74, 6) is 1.72. The Bertz CT molecular complexity index is 294. The van der Waals surface area contributed by atoms with Crippen LogP contribution in [-0.2, 0) is 0 Å². The fraction of sp³-hybridized carbons (Fsp3) is 0.636. The van der Waals surface area contributed by atoms with E-state index in [-0.39, 0.29) is 5.54 Å². The van der Waals surface area contributed by atoms with E-state index in [1.165, 1.54) is 6.42 Å². The molecule has 1 heterocycles. The predicted molar refractivity (Wildman–Crippen MR) is 59.4 cm³/mol. The van der Waals surface area contributed by atoms with Crippen molar-refractivity contribution in [3.8, 4) is 0 Å². The van der Waals surface area contributed by atoms with E-state index in [0.29, 0.717) is 0 Å². The lowest BCUT2D eigenvalue weighted by atomic mass is 9.99. The first-order valence-electron chi connectivity index (χ1n) is 5.11. The van der Waals surface area contributed by atoms with Crippen molar-refractivity contribution >= 4 is 5.82 Å². The van der Waals surface area contributed by atoms with Crippen LogP contribution in [-0.4, -0.2) is 15.5 Å². The number of hydrogen-bond acceptors (Lipinski definition) is 3. The summed E-state index contributed by atoms with van der Waals surface area (Å²) in [6.45, 7) is 8.47. The van der Waals surface area contributed by atoms with Crippen LogP contribution in [0.3, 0.4) is 0 Å². The summed E-state index contributed by atoms with van der Waals surface area (Å²) in [5.41, 5.74) is 0.107. The van der Waals surface area contributed by atoms with Crippen LogP contribution in [0.2, 0.25) is 0 Å². The molecule has 0 spiro atoms. The average Bonchev–Trinajstić information content (AvgIpc) is 2.02. The van der Waals surface area contributed by atoms with Gasteiger partial charge in [0, 0.05) is 11.7 Å². The standard InChI is InChI=1S/C11H19N3/c1-5-7-11(3,4)14-10-6-8-12-9(2)13-10/h6,8H,5,7H2,1-4H3,(H,12,13,14). The second-order valence-electron chi connectivity index (χ2n) is 4.25. The van der Waals surface area contributed by atoms with E-state index in [2.05, 4.69) is 36.1 Å². The molecule has 3 heteroatoms. The van der Waals surface area contributed by atoms with E-state index in [9.17, 15) is 0 Å². The van der Waals surface area contributed by atoms with Gasteiger partial charge < -0.3 is 5.32 Å². The van der Waals surface area contributed by atoms with Gasteiger partial charge in [0.2, 0.25) is 0 Å². The summed E-state index contributed by atoms with van der Waals surface area (Å²) in [6.07, 6.45) is 4.09. The van der Waals surface area contributed by atoms with E-state index in [1.54, 1.807) is 6.20 Å². The highest BCUT2D eigenvalue weighted by Crippen LogP contribution is 2.17. The molecule has 1 aromatic rings. The van der Waals surface area contributed by atoms with Gasteiger partial charge in [-0.2, -0.15) is 0 Å². The van der Waals surface area contributed by atoms with E-state index in [4.69, 9.17) is 0 Å². The van der Waals surface area contributed by atoms with Crippen molar-refractivity contribution in [1.82, 2.24) is 9.97 Å². The van der Waals surface area contributed by atoms with Crippen molar-refractivity contribution in [2.24, 2.45) is 0 Å². The van der Waals surface area contributed by atoms with Gasteiger partial charge in [0.25, 0.3) is 0 Å². The third kappa shape index (κ3) is 3.32. The van der Waals surface area contributed by atoms with Gasteiger partial charge in [-0.05, 0) is 33.3 Å². The first kappa shape index (κ1) is 11.0. The summed E-state index contributed by atoms with van der Waals surface area (Å²) in [6, 6.07) is 1.91. The summed E-state index contributed by atoms with van der Waals surface area (Å²) in [4.78, 5) is 8.38.